The molecule has 110 valence electrons. The Bertz CT molecular complexity index is 677. The molecular formula is C14H10Cl3NO3. The van der Waals surface area contributed by atoms with E-state index in [0.29, 0.717) is 15.6 Å². The van der Waals surface area contributed by atoms with E-state index in [1.807, 2.05) is 0 Å². The smallest absolute Gasteiger partial charge is 0.310 e. The van der Waals surface area contributed by atoms with Crippen LogP contribution in [-0.4, -0.2) is 4.92 Å². The number of benzene rings is 2. The fraction of sp³-hybridized carbons (Fsp3) is 0.143. The number of nitrogens with zero attached hydrogens (tertiary/aromatic N) is 1. The van der Waals surface area contributed by atoms with Crippen LogP contribution in [0, 0.1) is 10.1 Å². The number of alkyl halides is 1. The van der Waals surface area contributed by atoms with Crippen LogP contribution in [0.25, 0.3) is 0 Å². The Morgan fingerprint density at radius 1 is 1.14 bits per heavy atom. The van der Waals surface area contributed by atoms with Crippen molar-refractivity contribution in [3.8, 4) is 5.75 Å². The summed E-state index contributed by atoms with van der Waals surface area (Å²) < 4.78 is 5.52. The summed E-state index contributed by atoms with van der Waals surface area (Å²) in [6, 6.07) is 9.46. The van der Waals surface area contributed by atoms with Crippen LogP contribution in [-0.2, 0) is 12.5 Å². The van der Waals surface area contributed by atoms with Gasteiger partial charge in [-0.05, 0) is 29.8 Å². The van der Waals surface area contributed by atoms with E-state index in [2.05, 4.69) is 0 Å². The standard InChI is InChI=1S/C14H10Cl3NO3/c15-7-9-1-4-13(18(19)20)14(5-9)21-8-10-6-11(16)2-3-12(10)17/h1-6H,7-8H2. The molecule has 0 saturated carbocycles. The van der Waals surface area contributed by atoms with Crippen LogP contribution in [0.1, 0.15) is 11.1 Å². The van der Waals surface area contributed by atoms with Gasteiger partial charge in [-0.2, -0.15) is 0 Å². The lowest BCUT2D eigenvalue weighted by Crippen LogP contribution is -2.00. The van der Waals surface area contributed by atoms with Crippen LogP contribution in [0.2, 0.25) is 10.0 Å². The molecule has 0 aromatic heterocycles. The summed E-state index contributed by atoms with van der Waals surface area (Å²) in [5.74, 6) is 0.390. The van der Waals surface area contributed by atoms with Crippen molar-refractivity contribution in [1.29, 1.82) is 0 Å². The number of nitro benzene ring substituents is 1. The second kappa shape index (κ2) is 6.98. The minimum absolute atomic E-state index is 0.0754. The molecule has 21 heavy (non-hydrogen) atoms. The van der Waals surface area contributed by atoms with Gasteiger partial charge in [-0.15, -0.1) is 11.6 Å². The van der Waals surface area contributed by atoms with Gasteiger partial charge in [0.25, 0.3) is 0 Å². The van der Waals surface area contributed by atoms with Gasteiger partial charge in [0.2, 0.25) is 0 Å². The van der Waals surface area contributed by atoms with Crippen LogP contribution >= 0.6 is 34.8 Å². The number of rotatable bonds is 5. The van der Waals surface area contributed by atoms with Gasteiger partial charge in [-0.1, -0.05) is 29.3 Å². The highest BCUT2D eigenvalue weighted by Crippen LogP contribution is 2.30. The molecule has 0 N–H and O–H groups in total. The van der Waals surface area contributed by atoms with Crippen molar-refractivity contribution in [3.05, 3.63) is 67.7 Å². The molecule has 2 aromatic carbocycles. The maximum Gasteiger partial charge on any atom is 0.310 e. The molecule has 0 bridgehead atoms. The average molecular weight is 347 g/mol. The number of hydrogen-bond acceptors (Lipinski definition) is 3. The lowest BCUT2D eigenvalue weighted by Gasteiger charge is -2.09. The van der Waals surface area contributed by atoms with Gasteiger partial charge in [0.05, 0.1) is 4.92 Å². The zero-order valence-electron chi connectivity index (χ0n) is 10.7. The van der Waals surface area contributed by atoms with E-state index in [4.69, 9.17) is 39.5 Å². The molecule has 0 saturated heterocycles. The Hall–Kier alpha value is -1.49. The molecular weight excluding hydrogens is 337 g/mol. The third kappa shape index (κ3) is 4.00. The summed E-state index contributed by atoms with van der Waals surface area (Å²) in [6.45, 7) is 0.0754. The summed E-state index contributed by atoms with van der Waals surface area (Å²) in [4.78, 5) is 10.5. The second-order valence-corrected chi connectivity index (χ2v) is 5.33. The normalized spacial score (nSPS) is 10.4. The highest BCUT2D eigenvalue weighted by atomic mass is 35.5. The predicted octanol–water partition coefficient (Wildman–Crippen LogP) is 5.22. The van der Waals surface area contributed by atoms with Gasteiger partial charge < -0.3 is 4.74 Å². The summed E-state index contributed by atoms with van der Waals surface area (Å²) in [5, 5.41) is 12.0. The molecule has 0 heterocycles. The van der Waals surface area contributed by atoms with Crippen LogP contribution in [0.4, 0.5) is 5.69 Å². The van der Waals surface area contributed by atoms with E-state index in [-0.39, 0.29) is 23.9 Å². The van der Waals surface area contributed by atoms with Crippen molar-refractivity contribution in [2.24, 2.45) is 0 Å². The van der Waals surface area contributed by atoms with Crippen molar-refractivity contribution in [3.63, 3.8) is 0 Å². The van der Waals surface area contributed by atoms with E-state index < -0.39 is 4.92 Å². The minimum Gasteiger partial charge on any atom is -0.482 e. The molecule has 0 unspecified atom stereocenters. The van der Waals surface area contributed by atoms with Crippen molar-refractivity contribution >= 4 is 40.5 Å². The first-order chi connectivity index (χ1) is 10.0. The Morgan fingerprint density at radius 2 is 1.90 bits per heavy atom. The van der Waals surface area contributed by atoms with Gasteiger partial charge in [-0.25, -0.2) is 0 Å². The van der Waals surface area contributed by atoms with Gasteiger partial charge >= 0.3 is 5.69 Å². The Kier molecular flexibility index (Phi) is 5.28. The molecule has 0 fully saturated rings. The molecule has 2 rings (SSSR count). The molecule has 2 aromatic rings. The molecule has 0 aliphatic rings. The monoisotopic (exact) mass is 345 g/mol. The Balaban J connectivity index is 2.26. The van der Waals surface area contributed by atoms with Gasteiger partial charge in [0, 0.05) is 27.6 Å². The number of ether oxygens (including phenoxy) is 1. The minimum atomic E-state index is -0.507. The molecule has 0 atom stereocenters. The summed E-state index contributed by atoms with van der Waals surface area (Å²) in [7, 11) is 0. The molecule has 7 heteroatoms. The maximum absolute atomic E-state index is 11.0. The first-order valence-electron chi connectivity index (χ1n) is 5.91. The Labute approximate surface area is 136 Å². The number of halogens is 3. The van der Waals surface area contributed by atoms with Gasteiger partial charge in [0.1, 0.15) is 6.61 Å². The van der Waals surface area contributed by atoms with Crippen LogP contribution in [0.5, 0.6) is 5.75 Å². The third-order valence-corrected chi connectivity index (χ3v) is 3.68. The van der Waals surface area contributed by atoms with Crippen LogP contribution < -0.4 is 4.74 Å². The zero-order valence-corrected chi connectivity index (χ0v) is 13.0. The maximum atomic E-state index is 11.0. The highest BCUT2D eigenvalue weighted by Gasteiger charge is 2.16. The Morgan fingerprint density at radius 3 is 2.57 bits per heavy atom. The first-order valence-corrected chi connectivity index (χ1v) is 7.20. The van der Waals surface area contributed by atoms with E-state index in [1.165, 1.54) is 6.07 Å². The SMILES string of the molecule is O=[N+]([O-])c1ccc(CCl)cc1OCc1cc(Cl)ccc1Cl. The van der Waals surface area contributed by atoms with Crippen molar-refractivity contribution in [2.45, 2.75) is 12.5 Å². The third-order valence-electron chi connectivity index (χ3n) is 2.77. The quantitative estimate of drug-likeness (QED) is 0.424. The predicted molar refractivity (Wildman–Crippen MR) is 83.4 cm³/mol. The lowest BCUT2D eigenvalue weighted by atomic mass is 10.2. The second-order valence-electron chi connectivity index (χ2n) is 4.22. The topological polar surface area (TPSA) is 52.4 Å². The average Bonchev–Trinajstić information content (AvgIpc) is 2.47. The van der Waals surface area contributed by atoms with E-state index in [0.717, 1.165) is 5.56 Å². The van der Waals surface area contributed by atoms with Crippen LogP contribution in [0.15, 0.2) is 36.4 Å². The molecule has 0 spiro atoms. The molecule has 0 aliphatic heterocycles. The summed E-state index contributed by atoms with van der Waals surface area (Å²) in [5.41, 5.74) is 1.26. The van der Waals surface area contributed by atoms with E-state index in [1.54, 1.807) is 30.3 Å². The highest BCUT2D eigenvalue weighted by molar-refractivity contribution is 6.33. The number of hydrogen-bond donors (Lipinski definition) is 0. The van der Waals surface area contributed by atoms with Crippen molar-refractivity contribution < 1.29 is 9.66 Å². The van der Waals surface area contributed by atoms with Crippen molar-refractivity contribution in [1.82, 2.24) is 0 Å². The van der Waals surface area contributed by atoms with Crippen molar-refractivity contribution in [2.75, 3.05) is 0 Å². The van der Waals surface area contributed by atoms with Gasteiger partial charge in [-0.3, -0.25) is 10.1 Å². The molecule has 4 nitrogen and oxygen atoms in total. The largest absolute Gasteiger partial charge is 0.482 e. The molecule has 0 amide bonds. The fourth-order valence-electron chi connectivity index (χ4n) is 1.72. The summed E-state index contributed by atoms with van der Waals surface area (Å²) in [6.07, 6.45) is 0. The zero-order chi connectivity index (χ0) is 15.4. The van der Waals surface area contributed by atoms with Crippen LogP contribution in [0.3, 0.4) is 0 Å². The molecule has 0 aliphatic carbocycles. The lowest BCUT2D eigenvalue weighted by molar-refractivity contribution is -0.386. The molecule has 0 radical (unpaired) electrons. The van der Waals surface area contributed by atoms with Gasteiger partial charge in [0.15, 0.2) is 5.75 Å². The van der Waals surface area contributed by atoms with E-state index in [9.17, 15) is 10.1 Å². The number of nitro groups is 1. The fourth-order valence-corrected chi connectivity index (χ4v) is 2.25. The first kappa shape index (κ1) is 15.9. The van der Waals surface area contributed by atoms with E-state index >= 15 is 0 Å². The summed E-state index contributed by atoms with van der Waals surface area (Å²) >= 11 is 17.6.